The highest BCUT2D eigenvalue weighted by Crippen LogP contribution is 1.80. The Morgan fingerprint density at radius 3 is 1.15 bits per heavy atom. The van der Waals surface area contributed by atoms with Gasteiger partial charge in [0.1, 0.15) is 12.1 Å². The number of nitrogens with zero attached hydrogens (tertiary/aromatic N) is 4. The first-order chi connectivity index (χ1) is 4.79. The summed E-state index contributed by atoms with van der Waals surface area (Å²) in [6, 6.07) is 2.68. The molecule has 0 aromatic carbocycles. The predicted molar refractivity (Wildman–Crippen MR) is 40.5 cm³/mol. The molecular formula is C4H8N4O5. The summed E-state index contributed by atoms with van der Waals surface area (Å²) < 4.78 is 0. The fraction of sp³-hybridized carbons (Fsp3) is 0. The van der Waals surface area contributed by atoms with Crippen LogP contribution in [0.2, 0.25) is 0 Å². The summed E-state index contributed by atoms with van der Waals surface area (Å²) in [7, 11) is 0. The second-order valence-corrected chi connectivity index (χ2v) is 1.12. The molecule has 0 amide bonds. The molecule has 0 radical (unpaired) electrons. The number of hydrogen-bond acceptors (Lipinski definition) is 6. The zero-order valence-corrected chi connectivity index (χ0v) is 6.18. The number of rotatable bonds is 1. The Morgan fingerprint density at radius 2 is 1.08 bits per heavy atom. The molecule has 0 atom stereocenters. The Morgan fingerprint density at radius 1 is 0.846 bits per heavy atom. The Bertz CT molecular complexity index is 231. The van der Waals surface area contributed by atoms with Crippen LogP contribution in [0.15, 0.2) is 10.3 Å². The van der Waals surface area contributed by atoms with Crippen LogP contribution >= 0.6 is 0 Å². The average molecular weight is 192 g/mol. The van der Waals surface area contributed by atoms with Crippen molar-refractivity contribution in [3.8, 4) is 12.1 Å². The largest absolute Gasteiger partial charge is 0.412 e. The highest BCUT2D eigenvalue weighted by Gasteiger charge is 2.07. The minimum Gasteiger partial charge on any atom is -0.412 e. The maximum atomic E-state index is 8.07. The van der Waals surface area contributed by atoms with Crippen molar-refractivity contribution in [2.75, 3.05) is 0 Å². The molecule has 0 unspecified atom stereocenters. The van der Waals surface area contributed by atoms with Crippen molar-refractivity contribution in [3.63, 3.8) is 0 Å². The number of oxime groups is 2. The fourth-order valence-electron chi connectivity index (χ4n) is 0.245. The van der Waals surface area contributed by atoms with Crippen LogP contribution in [0.5, 0.6) is 0 Å². The first-order valence-electron chi connectivity index (χ1n) is 2.04. The van der Waals surface area contributed by atoms with E-state index in [1.807, 2.05) is 0 Å². The van der Waals surface area contributed by atoms with Gasteiger partial charge in [0.25, 0.3) is 0 Å². The molecular weight excluding hydrogens is 184 g/mol. The van der Waals surface area contributed by atoms with Crippen LogP contribution in [0.1, 0.15) is 0 Å². The smallest absolute Gasteiger partial charge is 0.219 e. The lowest BCUT2D eigenvalue weighted by Gasteiger charge is -1.83. The van der Waals surface area contributed by atoms with Crippen LogP contribution in [0.4, 0.5) is 0 Å². The SMILES string of the molecule is N#CC(=NO)C(C#N)=NO.O.O.O. The van der Waals surface area contributed by atoms with Crippen molar-refractivity contribution in [2.45, 2.75) is 0 Å². The normalized spacial score (nSPS) is 9.08. The van der Waals surface area contributed by atoms with Gasteiger partial charge in [-0.1, -0.05) is 10.3 Å². The maximum absolute atomic E-state index is 8.07. The van der Waals surface area contributed by atoms with E-state index in [0.29, 0.717) is 0 Å². The Kier molecular flexibility index (Phi) is 21.5. The lowest BCUT2D eigenvalue weighted by Crippen LogP contribution is -2.09. The van der Waals surface area contributed by atoms with Gasteiger partial charge in [-0.15, -0.1) is 0 Å². The summed E-state index contributed by atoms with van der Waals surface area (Å²) in [5, 5.41) is 36.9. The molecule has 0 saturated carbocycles. The van der Waals surface area contributed by atoms with Gasteiger partial charge in [0.15, 0.2) is 0 Å². The second-order valence-electron chi connectivity index (χ2n) is 1.12. The van der Waals surface area contributed by atoms with Crippen molar-refractivity contribution in [2.24, 2.45) is 10.3 Å². The topological polar surface area (TPSA) is 207 Å². The molecule has 9 nitrogen and oxygen atoms in total. The quantitative estimate of drug-likeness (QED) is 0.256. The molecule has 0 aliphatic carbocycles. The van der Waals surface area contributed by atoms with Crippen LogP contribution in [-0.4, -0.2) is 38.3 Å². The van der Waals surface area contributed by atoms with E-state index >= 15 is 0 Å². The van der Waals surface area contributed by atoms with Crippen LogP contribution in [0, 0.1) is 22.7 Å². The van der Waals surface area contributed by atoms with Gasteiger partial charge < -0.3 is 26.8 Å². The third-order valence-corrected chi connectivity index (χ3v) is 0.636. The van der Waals surface area contributed by atoms with Crippen LogP contribution in [0.3, 0.4) is 0 Å². The van der Waals surface area contributed by atoms with Gasteiger partial charge in [0, 0.05) is 0 Å². The zero-order chi connectivity index (χ0) is 7.98. The van der Waals surface area contributed by atoms with E-state index in [0.717, 1.165) is 0 Å². The van der Waals surface area contributed by atoms with Crippen LogP contribution in [0.25, 0.3) is 0 Å². The monoisotopic (exact) mass is 192 g/mol. The van der Waals surface area contributed by atoms with E-state index < -0.39 is 11.4 Å². The summed E-state index contributed by atoms with van der Waals surface area (Å²) in [6.07, 6.45) is 0. The summed E-state index contributed by atoms with van der Waals surface area (Å²) in [5.41, 5.74) is -1.24. The molecule has 0 heterocycles. The van der Waals surface area contributed by atoms with Crippen LogP contribution < -0.4 is 0 Å². The van der Waals surface area contributed by atoms with E-state index in [9.17, 15) is 0 Å². The van der Waals surface area contributed by atoms with E-state index in [1.165, 1.54) is 12.1 Å². The molecule has 0 aliphatic heterocycles. The van der Waals surface area contributed by atoms with Crippen molar-refractivity contribution in [3.05, 3.63) is 0 Å². The Labute approximate surface area is 72.3 Å². The van der Waals surface area contributed by atoms with Gasteiger partial charge in [-0.05, 0) is 0 Å². The molecule has 0 spiro atoms. The Hall–Kier alpha value is -2.20. The molecule has 13 heavy (non-hydrogen) atoms. The van der Waals surface area contributed by atoms with Gasteiger partial charge >= 0.3 is 0 Å². The highest BCUT2D eigenvalue weighted by atomic mass is 16.4. The Balaban J connectivity index is -0.000000135. The molecule has 74 valence electrons. The first-order valence-corrected chi connectivity index (χ1v) is 2.04. The molecule has 0 fully saturated rings. The predicted octanol–water partition coefficient (Wildman–Crippen LogP) is -2.78. The first kappa shape index (κ1) is 22.4. The molecule has 0 saturated heterocycles. The lowest BCUT2D eigenvalue weighted by molar-refractivity contribution is 0.315. The molecule has 0 aromatic rings. The third kappa shape index (κ3) is 6.21. The molecule has 0 aliphatic rings. The molecule has 9 heteroatoms. The highest BCUT2D eigenvalue weighted by molar-refractivity contribution is 6.53. The van der Waals surface area contributed by atoms with Gasteiger partial charge in [-0.2, -0.15) is 10.5 Å². The fourth-order valence-corrected chi connectivity index (χ4v) is 0.245. The summed E-state index contributed by atoms with van der Waals surface area (Å²) in [5.74, 6) is 0. The van der Waals surface area contributed by atoms with E-state index in [1.54, 1.807) is 0 Å². The average Bonchev–Trinajstić information content (AvgIpc) is 2.00. The van der Waals surface area contributed by atoms with Crippen molar-refractivity contribution in [1.29, 1.82) is 10.5 Å². The number of nitriles is 2. The molecule has 0 rings (SSSR count). The summed E-state index contributed by atoms with van der Waals surface area (Å²) in [6.45, 7) is 0. The van der Waals surface area contributed by atoms with Gasteiger partial charge in [0.2, 0.25) is 11.4 Å². The third-order valence-electron chi connectivity index (χ3n) is 0.636. The zero-order valence-electron chi connectivity index (χ0n) is 6.18. The van der Waals surface area contributed by atoms with E-state index in [4.69, 9.17) is 20.9 Å². The van der Waals surface area contributed by atoms with Crippen molar-refractivity contribution >= 4 is 11.4 Å². The molecule has 0 bridgehead atoms. The van der Waals surface area contributed by atoms with Crippen molar-refractivity contribution in [1.82, 2.24) is 0 Å². The summed E-state index contributed by atoms with van der Waals surface area (Å²) in [4.78, 5) is 0. The van der Waals surface area contributed by atoms with Gasteiger partial charge in [0.05, 0.1) is 0 Å². The standard InChI is InChI=1S/C4H2N4O2.3H2O/c5-1-3(7-9)4(2-6)8-10;;;/h9-10H;3*1H2. The van der Waals surface area contributed by atoms with Gasteiger partial charge in [-0.25, -0.2) is 0 Å². The lowest BCUT2D eigenvalue weighted by atomic mass is 10.3. The van der Waals surface area contributed by atoms with Crippen molar-refractivity contribution < 1.29 is 26.8 Å². The molecule has 0 aromatic heterocycles. The minimum absolute atomic E-state index is 0. The number of hydrogen-bond donors (Lipinski definition) is 2. The maximum Gasteiger partial charge on any atom is 0.219 e. The molecule has 8 N–H and O–H groups in total. The second kappa shape index (κ2) is 12.5. The van der Waals surface area contributed by atoms with E-state index in [-0.39, 0.29) is 16.4 Å². The minimum atomic E-state index is -0.620. The van der Waals surface area contributed by atoms with E-state index in [2.05, 4.69) is 10.3 Å². The van der Waals surface area contributed by atoms with Gasteiger partial charge in [-0.3, -0.25) is 0 Å². The summed E-state index contributed by atoms with van der Waals surface area (Å²) >= 11 is 0. The van der Waals surface area contributed by atoms with Crippen LogP contribution in [-0.2, 0) is 0 Å².